The number of aromatic amines is 1. The first-order valence-electron chi connectivity index (χ1n) is 7.96. The Kier molecular flexibility index (Phi) is 3.74. The Morgan fingerprint density at radius 2 is 1.92 bits per heavy atom. The van der Waals surface area contributed by atoms with Crippen molar-refractivity contribution in [3.63, 3.8) is 0 Å². The molecule has 1 amide bonds. The fourth-order valence-corrected chi connectivity index (χ4v) is 2.90. The van der Waals surface area contributed by atoms with Gasteiger partial charge < -0.3 is 10.3 Å². The third-order valence-corrected chi connectivity index (χ3v) is 4.02. The van der Waals surface area contributed by atoms with Gasteiger partial charge in [0.1, 0.15) is 5.65 Å². The zero-order valence-electron chi connectivity index (χ0n) is 13.7. The van der Waals surface area contributed by atoms with Gasteiger partial charge in [0, 0.05) is 59.5 Å². The van der Waals surface area contributed by atoms with Crippen molar-refractivity contribution >= 4 is 22.6 Å². The molecule has 5 nitrogen and oxygen atoms in total. The van der Waals surface area contributed by atoms with Crippen LogP contribution < -0.4 is 5.32 Å². The minimum atomic E-state index is -0.0878. The topological polar surface area (TPSA) is 70.7 Å². The third-order valence-electron chi connectivity index (χ3n) is 4.02. The largest absolute Gasteiger partial charge is 0.346 e. The summed E-state index contributed by atoms with van der Waals surface area (Å²) in [6, 6.07) is 13.8. The Balaban J connectivity index is 1.80. The first kappa shape index (κ1) is 15.1. The molecule has 1 aromatic carbocycles. The van der Waals surface area contributed by atoms with Gasteiger partial charge in [-0.05, 0) is 29.8 Å². The van der Waals surface area contributed by atoms with E-state index in [4.69, 9.17) is 0 Å². The predicted octanol–water partition coefficient (Wildman–Crippen LogP) is 4.25. The second-order valence-corrected chi connectivity index (χ2v) is 5.83. The molecule has 0 atom stereocenters. The van der Waals surface area contributed by atoms with Gasteiger partial charge in [0.25, 0.3) is 0 Å². The molecule has 0 aliphatic carbocycles. The first-order valence-corrected chi connectivity index (χ1v) is 7.96. The monoisotopic (exact) mass is 328 g/mol. The van der Waals surface area contributed by atoms with Gasteiger partial charge in [-0.2, -0.15) is 0 Å². The number of fused-ring (bicyclic) bond motifs is 1. The Labute approximate surface area is 144 Å². The molecule has 25 heavy (non-hydrogen) atoms. The number of amides is 1. The average Bonchev–Trinajstić information content (AvgIpc) is 3.05. The van der Waals surface area contributed by atoms with E-state index >= 15 is 0 Å². The van der Waals surface area contributed by atoms with Gasteiger partial charge >= 0.3 is 0 Å². The molecule has 5 heteroatoms. The van der Waals surface area contributed by atoms with Crippen molar-refractivity contribution < 1.29 is 4.79 Å². The highest BCUT2D eigenvalue weighted by molar-refractivity contribution is 5.96. The summed E-state index contributed by atoms with van der Waals surface area (Å²) in [5, 5.41) is 3.85. The summed E-state index contributed by atoms with van der Waals surface area (Å²) in [5.74, 6) is -0.0878. The van der Waals surface area contributed by atoms with Crippen molar-refractivity contribution in [3.8, 4) is 22.3 Å². The summed E-state index contributed by atoms with van der Waals surface area (Å²) in [6.07, 6.45) is 7.38. The number of carbonyl (C=O) groups is 1. The van der Waals surface area contributed by atoms with Crippen LogP contribution in [0, 0.1) is 0 Å². The van der Waals surface area contributed by atoms with E-state index in [1.54, 1.807) is 6.20 Å². The first-order chi connectivity index (χ1) is 12.2. The number of nitrogens with one attached hydrogen (secondary N) is 2. The predicted molar refractivity (Wildman–Crippen MR) is 99.1 cm³/mol. The van der Waals surface area contributed by atoms with Crippen LogP contribution in [0.5, 0.6) is 0 Å². The highest BCUT2D eigenvalue weighted by Crippen LogP contribution is 2.31. The molecule has 0 fully saturated rings. The van der Waals surface area contributed by atoms with Crippen LogP contribution in [0.1, 0.15) is 6.92 Å². The lowest BCUT2D eigenvalue weighted by atomic mass is 10.0. The molecule has 0 radical (unpaired) electrons. The third kappa shape index (κ3) is 2.99. The van der Waals surface area contributed by atoms with Gasteiger partial charge in [0.05, 0.1) is 0 Å². The molecule has 0 aliphatic heterocycles. The fraction of sp³-hybridized carbons (Fsp3) is 0.0500. The zero-order chi connectivity index (χ0) is 17.2. The van der Waals surface area contributed by atoms with Crippen molar-refractivity contribution in [2.45, 2.75) is 6.92 Å². The molecule has 3 aromatic heterocycles. The van der Waals surface area contributed by atoms with Gasteiger partial charge in [-0.3, -0.25) is 9.78 Å². The number of carbonyl (C=O) groups excluding carboxylic acids is 1. The minimum Gasteiger partial charge on any atom is -0.346 e. The maximum Gasteiger partial charge on any atom is 0.221 e. The summed E-state index contributed by atoms with van der Waals surface area (Å²) >= 11 is 0. The molecule has 122 valence electrons. The maximum atomic E-state index is 11.3. The van der Waals surface area contributed by atoms with Crippen molar-refractivity contribution in [1.29, 1.82) is 0 Å². The molecule has 0 saturated carbocycles. The number of anilines is 1. The van der Waals surface area contributed by atoms with Crippen LogP contribution in [-0.2, 0) is 4.79 Å². The number of nitrogens with zero attached hydrogens (tertiary/aromatic N) is 2. The highest BCUT2D eigenvalue weighted by Gasteiger charge is 2.09. The number of rotatable bonds is 3. The van der Waals surface area contributed by atoms with Crippen molar-refractivity contribution in [2.75, 3.05) is 5.32 Å². The zero-order valence-corrected chi connectivity index (χ0v) is 13.7. The van der Waals surface area contributed by atoms with Gasteiger partial charge in [0.15, 0.2) is 0 Å². The van der Waals surface area contributed by atoms with E-state index in [0.717, 1.165) is 39.0 Å². The van der Waals surface area contributed by atoms with E-state index in [1.807, 2.05) is 55.0 Å². The minimum absolute atomic E-state index is 0.0878. The van der Waals surface area contributed by atoms with Crippen LogP contribution in [0.25, 0.3) is 33.3 Å². The number of hydrogen-bond donors (Lipinski definition) is 2. The summed E-state index contributed by atoms with van der Waals surface area (Å²) in [7, 11) is 0. The van der Waals surface area contributed by atoms with E-state index in [-0.39, 0.29) is 5.91 Å². The number of H-pyrrole nitrogens is 1. The number of aromatic nitrogens is 3. The van der Waals surface area contributed by atoms with E-state index in [1.165, 1.54) is 6.92 Å². The van der Waals surface area contributed by atoms with Crippen LogP contribution in [0.3, 0.4) is 0 Å². The van der Waals surface area contributed by atoms with E-state index in [0.29, 0.717) is 0 Å². The quantitative estimate of drug-likeness (QED) is 0.590. The summed E-state index contributed by atoms with van der Waals surface area (Å²) in [6.45, 7) is 1.50. The van der Waals surface area contributed by atoms with Crippen LogP contribution >= 0.6 is 0 Å². The van der Waals surface area contributed by atoms with Crippen LogP contribution in [0.4, 0.5) is 5.69 Å². The van der Waals surface area contributed by atoms with Crippen molar-refractivity contribution in [2.24, 2.45) is 0 Å². The molecule has 3 heterocycles. The molecule has 0 unspecified atom stereocenters. The maximum absolute atomic E-state index is 11.3. The van der Waals surface area contributed by atoms with Gasteiger partial charge in [-0.25, -0.2) is 4.98 Å². The lowest BCUT2D eigenvalue weighted by molar-refractivity contribution is -0.114. The smallest absolute Gasteiger partial charge is 0.221 e. The molecular formula is C20H16N4O. The second kappa shape index (κ2) is 6.20. The van der Waals surface area contributed by atoms with E-state index in [9.17, 15) is 4.79 Å². The number of hydrogen-bond acceptors (Lipinski definition) is 3. The molecule has 0 bridgehead atoms. The summed E-state index contributed by atoms with van der Waals surface area (Å²) in [4.78, 5) is 23.2. The van der Waals surface area contributed by atoms with E-state index in [2.05, 4.69) is 26.3 Å². The Hall–Kier alpha value is -3.47. The Morgan fingerprint density at radius 1 is 1.04 bits per heavy atom. The van der Waals surface area contributed by atoms with Gasteiger partial charge in [-0.15, -0.1) is 0 Å². The number of pyridine rings is 2. The lowest BCUT2D eigenvalue weighted by Crippen LogP contribution is -2.05. The molecule has 0 aliphatic rings. The van der Waals surface area contributed by atoms with Crippen molar-refractivity contribution in [3.05, 3.63) is 67.3 Å². The van der Waals surface area contributed by atoms with Gasteiger partial charge in [-0.1, -0.05) is 18.2 Å². The molecule has 4 rings (SSSR count). The van der Waals surface area contributed by atoms with Crippen molar-refractivity contribution in [1.82, 2.24) is 15.0 Å². The Bertz CT molecular complexity index is 1050. The van der Waals surface area contributed by atoms with Crippen LogP contribution in [0.15, 0.2) is 67.3 Å². The van der Waals surface area contributed by atoms with Crippen LogP contribution in [-0.4, -0.2) is 20.9 Å². The second-order valence-electron chi connectivity index (χ2n) is 5.83. The Morgan fingerprint density at radius 3 is 2.72 bits per heavy atom. The highest BCUT2D eigenvalue weighted by atomic mass is 16.1. The lowest BCUT2D eigenvalue weighted by Gasteiger charge is -2.06. The van der Waals surface area contributed by atoms with Crippen LogP contribution in [0.2, 0.25) is 0 Å². The van der Waals surface area contributed by atoms with Gasteiger partial charge in [0.2, 0.25) is 5.91 Å². The van der Waals surface area contributed by atoms with E-state index < -0.39 is 0 Å². The SMILES string of the molecule is CC(=O)Nc1cccc(-c2cnc3[nH]cc(-c4cccnc4)c3c2)c1. The molecule has 0 spiro atoms. The summed E-state index contributed by atoms with van der Waals surface area (Å²) in [5.41, 5.74) is 5.70. The fourth-order valence-electron chi connectivity index (χ4n) is 2.90. The normalized spacial score (nSPS) is 10.8. The summed E-state index contributed by atoms with van der Waals surface area (Å²) < 4.78 is 0. The molecule has 0 saturated heterocycles. The molecule has 2 N–H and O–H groups in total. The molecular weight excluding hydrogens is 312 g/mol. The standard InChI is InChI=1S/C20H16N4O/c1-13(25)24-17-6-2-4-14(8-17)16-9-18-19(12-23-20(18)22-11-16)15-5-3-7-21-10-15/h2-12H,1H3,(H,22,23)(H,24,25). The average molecular weight is 328 g/mol. The number of benzene rings is 1. The molecule has 4 aromatic rings.